The molecule has 0 atom stereocenters. The first-order valence-corrected chi connectivity index (χ1v) is 18.5. The normalized spacial score (nSPS) is 12.1. The number of hydrogen-bond acceptors (Lipinski definition) is 2. The molecule has 10 aromatic carbocycles. The Bertz CT molecular complexity index is 3450. The lowest BCUT2D eigenvalue weighted by Gasteiger charge is -2.19. The van der Waals surface area contributed by atoms with Crippen LogP contribution in [0.4, 0.5) is 0 Å². The van der Waals surface area contributed by atoms with Gasteiger partial charge in [-0.2, -0.15) is 0 Å². The first-order valence-electron chi connectivity index (χ1n) is 18.5. The van der Waals surface area contributed by atoms with Crippen molar-refractivity contribution in [2.45, 2.75) is 0 Å². The van der Waals surface area contributed by atoms with Gasteiger partial charge in [0.05, 0.1) is 0 Å². The number of rotatable bonds is 3. The zero-order valence-electron chi connectivity index (χ0n) is 29.1. The predicted octanol–water partition coefficient (Wildman–Crippen LogP) is 15.1. The average molecular weight is 687 g/mol. The highest BCUT2D eigenvalue weighted by molar-refractivity contribution is 6.27. The Morgan fingerprint density at radius 2 is 0.796 bits per heavy atom. The third-order valence-corrected chi connectivity index (χ3v) is 11.5. The molecule has 0 radical (unpaired) electrons. The van der Waals surface area contributed by atoms with Gasteiger partial charge in [-0.05, 0) is 95.7 Å². The van der Waals surface area contributed by atoms with Crippen molar-refractivity contribution in [1.82, 2.24) is 0 Å². The molecule has 0 saturated heterocycles. The lowest BCUT2D eigenvalue weighted by molar-refractivity contribution is 0.668. The minimum atomic E-state index is 0.874. The maximum absolute atomic E-state index is 6.95. The van der Waals surface area contributed by atoms with Crippen LogP contribution in [0.1, 0.15) is 0 Å². The van der Waals surface area contributed by atoms with E-state index in [1.165, 1.54) is 59.8 Å². The summed E-state index contributed by atoms with van der Waals surface area (Å²) in [6.07, 6.45) is 0. The van der Waals surface area contributed by atoms with Crippen LogP contribution < -0.4 is 0 Å². The highest BCUT2D eigenvalue weighted by atomic mass is 16.3. The molecule has 0 saturated carbocycles. The Balaban J connectivity index is 1.17. The van der Waals surface area contributed by atoms with Gasteiger partial charge in [-0.1, -0.05) is 152 Å². The third-order valence-electron chi connectivity index (χ3n) is 11.5. The maximum Gasteiger partial charge on any atom is 0.143 e. The van der Waals surface area contributed by atoms with Gasteiger partial charge in [0.25, 0.3) is 0 Å². The monoisotopic (exact) mass is 686 g/mol. The zero-order chi connectivity index (χ0) is 35.3. The maximum atomic E-state index is 6.95. The molecule has 0 unspecified atom stereocenters. The van der Waals surface area contributed by atoms with Crippen molar-refractivity contribution < 1.29 is 8.83 Å². The number of furan rings is 2. The smallest absolute Gasteiger partial charge is 0.143 e. The highest BCUT2D eigenvalue weighted by Gasteiger charge is 2.24. The first-order chi connectivity index (χ1) is 26.8. The molecule has 0 aliphatic heterocycles. The molecule has 0 amide bonds. The highest BCUT2D eigenvalue weighted by Crippen LogP contribution is 2.49. The number of fused-ring (bicyclic) bond motifs is 11. The minimum Gasteiger partial charge on any atom is -0.456 e. The van der Waals surface area contributed by atoms with Crippen LogP contribution in [0.2, 0.25) is 0 Å². The van der Waals surface area contributed by atoms with Crippen molar-refractivity contribution in [3.8, 4) is 33.4 Å². The fourth-order valence-corrected chi connectivity index (χ4v) is 9.15. The Hall–Kier alpha value is -7.16. The fourth-order valence-electron chi connectivity index (χ4n) is 9.15. The van der Waals surface area contributed by atoms with Gasteiger partial charge < -0.3 is 8.83 Å². The topological polar surface area (TPSA) is 26.3 Å². The van der Waals surface area contributed by atoms with Crippen LogP contribution in [0.25, 0.3) is 120 Å². The second-order valence-corrected chi connectivity index (χ2v) is 14.3. The van der Waals surface area contributed by atoms with Crippen LogP contribution in [0.5, 0.6) is 0 Å². The molecule has 2 nitrogen and oxygen atoms in total. The SMILES string of the molecule is c1ccc2c(c1)ccc1cc(-c3c4ccccc4c(-c4ccc(-c5cccc6oc7ccccc7c56)c5c4oc4ccccc45)c4ccccc34)ccc12. The van der Waals surface area contributed by atoms with Crippen molar-refractivity contribution in [1.29, 1.82) is 0 Å². The standard InChI is InChI=1S/C52H30O2/c1-2-13-34-31(12-1)24-25-32-30-33(26-27-35(32)34)48-36-14-3-5-16-38(36)49(39-17-6-4-15-37(39)48)44-29-28-41(51-43-19-8-10-22-46(43)54-52(44)51)40-20-11-23-47-50(40)42-18-7-9-21-45(42)53-47/h1-30H. The summed E-state index contributed by atoms with van der Waals surface area (Å²) in [7, 11) is 0. The summed E-state index contributed by atoms with van der Waals surface area (Å²) in [5.41, 5.74) is 10.5. The van der Waals surface area contributed by atoms with Gasteiger partial charge in [-0.15, -0.1) is 0 Å². The van der Waals surface area contributed by atoms with Crippen molar-refractivity contribution >= 4 is 87.0 Å². The molecular formula is C52H30O2. The van der Waals surface area contributed by atoms with Crippen molar-refractivity contribution in [3.05, 3.63) is 182 Å². The van der Waals surface area contributed by atoms with Gasteiger partial charge in [-0.3, -0.25) is 0 Å². The predicted molar refractivity (Wildman–Crippen MR) is 227 cm³/mol. The lowest BCUT2D eigenvalue weighted by atomic mass is 9.84. The van der Waals surface area contributed by atoms with Crippen molar-refractivity contribution in [2.75, 3.05) is 0 Å². The summed E-state index contributed by atoms with van der Waals surface area (Å²) in [5, 5.41) is 14.3. The Morgan fingerprint density at radius 1 is 0.278 bits per heavy atom. The van der Waals surface area contributed by atoms with Gasteiger partial charge in [0, 0.05) is 32.7 Å². The summed E-state index contributed by atoms with van der Waals surface area (Å²) in [5.74, 6) is 0. The van der Waals surface area contributed by atoms with E-state index in [0.29, 0.717) is 0 Å². The second kappa shape index (κ2) is 11.2. The molecule has 2 aromatic heterocycles. The van der Waals surface area contributed by atoms with Crippen molar-refractivity contribution in [2.24, 2.45) is 0 Å². The summed E-state index contributed by atoms with van der Waals surface area (Å²) in [6, 6.07) is 65.5. The van der Waals surface area contributed by atoms with Crippen LogP contribution in [-0.2, 0) is 0 Å². The molecule has 12 aromatic rings. The Labute approximate surface area is 310 Å². The molecule has 0 fully saturated rings. The minimum absolute atomic E-state index is 0.874. The van der Waals surface area contributed by atoms with Gasteiger partial charge in [0.2, 0.25) is 0 Å². The number of hydrogen-bond donors (Lipinski definition) is 0. The van der Waals surface area contributed by atoms with Gasteiger partial charge in [0.1, 0.15) is 22.3 Å². The first kappa shape index (κ1) is 29.4. The van der Waals surface area contributed by atoms with Crippen molar-refractivity contribution in [3.63, 3.8) is 0 Å². The Kier molecular flexibility index (Phi) is 6.09. The quantitative estimate of drug-likeness (QED) is 0.137. The molecule has 0 aliphatic rings. The summed E-state index contributed by atoms with van der Waals surface area (Å²) in [4.78, 5) is 0. The van der Waals surface area contributed by atoms with E-state index in [4.69, 9.17) is 8.83 Å². The molecule has 12 rings (SSSR count). The van der Waals surface area contributed by atoms with E-state index in [2.05, 4.69) is 170 Å². The number of para-hydroxylation sites is 2. The second-order valence-electron chi connectivity index (χ2n) is 14.3. The van der Waals surface area contributed by atoms with E-state index in [-0.39, 0.29) is 0 Å². The third kappa shape index (κ3) is 4.11. The molecule has 250 valence electrons. The van der Waals surface area contributed by atoms with Gasteiger partial charge in [-0.25, -0.2) is 0 Å². The largest absolute Gasteiger partial charge is 0.456 e. The Morgan fingerprint density at radius 3 is 1.54 bits per heavy atom. The molecule has 54 heavy (non-hydrogen) atoms. The van der Waals surface area contributed by atoms with Gasteiger partial charge in [0.15, 0.2) is 0 Å². The summed E-state index contributed by atoms with van der Waals surface area (Å²) >= 11 is 0. The molecule has 0 spiro atoms. The van der Waals surface area contributed by atoms with Crippen LogP contribution >= 0.6 is 0 Å². The van der Waals surface area contributed by atoms with E-state index < -0.39 is 0 Å². The number of benzene rings is 10. The van der Waals surface area contributed by atoms with E-state index in [1.54, 1.807) is 0 Å². The molecule has 0 N–H and O–H groups in total. The molecular weight excluding hydrogens is 657 g/mol. The van der Waals surface area contributed by atoms with E-state index in [1.807, 2.05) is 12.1 Å². The van der Waals surface area contributed by atoms with E-state index >= 15 is 0 Å². The molecule has 0 aliphatic carbocycles. The summed E-state index contributed by atoms with van der Waals surface area (Å²) < 4.78 is 13.3. The summed E-state index contributed by atoms with van der Waals surface area (Å²) in [6.45, 7) is 0. The van der Waals surface area contributed by atoms with Crippen LogP contribution in [0.15, 0.2) is 191 Å². The van der Waals surface area contributed by atoms with E-state index in [9.17, 15) is 0 Å². The molecule has 2 heteroatoms. The fraction of sp³-hybridized carbons (Fsp3) is 0. The van der Waals surface area contributed by atoms with Gasteiger partial charge >= 0.3 is 0 Å². The van der Waals surface area contributed by atoms with Crippen LogP contribution in [0.3, 0.4) is 0 Å². The molecule has 0 bridgehead atoms. The molecule has 2 heterocycles. The van der Waals surface area contributed by atoms with Crippen LogP contribution in [0, 0.1) is 0 Å². The zero-order valence-corrected chi connectivity index (χ0v) is 29.1. The lowest BCUT2D eigenvalue weighted by Crippen LogP contribution is -1.92. The van der Waals surface area contributed by atoms with Crippen LogP contribution in [-0.4, -0.2) is 0 Å². The van der Waals surface area contributed by atoms with E-state index in [0.717, 1.165) is 60.6 Å². The average Bonchev–Trinajstić information content (AvgIpc) is 3.82.